The first-order chi connectivity index (χ1) is 12.6. The number of nitrogens with one attached hydrogen (secondary N) is 2. The molecule has 1 aromatic heterocycles. The van der Waals surface area contributed by atoms with E-state index >= 15 is 0 Å². The molecule has 130 valence electrons. The maximum absolute atomic E-state index is 12.7. The van der Waals surface area contributed by atoms with E-state index in [0.717, 1.165) is 16.8 Å². The topological polar surface area (TPSA) is 78.1 Å². The van der Waals surface area contributed by atoms with Crippen molar-refractivity contribution in [1.82, 2.24) is 10.2 Å². The van der Waals surface area contributed by atoms with Gasteiger partial charge < -0.3 is 10.2 Å². The molecule has 0 bridgehead atoms. The first-order valence-electron chi connectivity index (χ1n) is 8.43. The van der Waals surface area contributed by atoms with Gasteiger partial charge in [0.25, 0.3) is 5.91 Å². The molecule has 0 radical (unpaired) electrons. The molecule has 0 spiro atoms. The van der Waals surface area contributed by atoms with Gasteiger partial charge in [-0.25, -0.2) is 0 Å². The van der Waals surface area contributed by atoms with Crippen molar-refractivity contribution in [2.24, 2.45) is 0 Å². The maximum atomic E-state index is 12.7. The number of carbonyl (C=O) groups excluding carboxylic acids is 2. The monoisotopic (exact) mass is 346 g/mol. The van der Waals surface area contributed by atoms with Crippen molar-refractivity contribution in [2.45, 2.75) is 12.8 Å². The van der Waals surface area contributed by atoms with Crippen LogP contribution in [0.5, 0.6) is 0 Å². The molecule has 2 N–H and O–H groups in total. The lowest BCUT2D eigenvalue weighted by Gasteiger charge is -2.26. The summed E-state index contributed by atoms with van der Waals surface area (Å²) in [7, 11) is 1.77. The van der Waals surface area contributed by atoms with E-state index in [1.807, 2.05) is 48.5 Å². The van der Waals surface area contributed by atoms with Gasteiger partial charge in [-0.05, 0) is 30.2 Å². The van der Waals surface area contributed by atoms with Gasteiger partial charge in [-0.3, -0.25) is 14.7 Å². The van der Waals surface area contributed by atoms with E-state index in [2.05, 4.69) is 15.5 Å². The summed E-state index contributed by atoms with van der Waals surface area (Å²) in [5.74, 6) is -0.113. The second-order valence-corrected chi connectivity index (χ2v) is 6.28. The predicted molar refractivity (Wildman–Crippen MR) is 100 cm³/mol. The van der Waals surface area contributed by atoms with Crippen LogP contribution in [0.2, 0.25) is 0 Å². The molecule has 2 aromatic carbocycles. The van der Waals surface area contributed by atoms with Gasteiger partial charge in [0.05, 0.1) is 17.5 Å². The zero-order chi connectivity index (χ0) is 18.1. The predicted octanol–water partition coefficient (Wildman–Crippen LogP) is 3.24. The summed E-state index contributed by atoms with van der Waals surface area (Å²) in [6, 6.07) is 15.2. The highest BCUT2D eigenvalue weighted by Crippen LogP contribution is 2.29. The summed E-state index contributed by atoms with van der Waals surface area (Å²) in [6.07, 6.45) is 2.70. The minimum absolute atomic E-state index is 0.111. The maximum Gasteiger partial charge on any atom is 0.259 e. The van der Waals surface area contributed by atoms with Gasteiger partial charge in [-0.2, -0.15) is 5.10 Å². The molecule has 26 heavy (non-hydrogen) atoms. The van der Waals surface area contributed by atoms with Crippen LogP contribution in [0.3, 0.4) is 0 Å². The number of amides is 2. The van der Waals surface area contributed by atoms with Crippen LogP contribution in [0.1, 0.15) is 22.3 Å². The molecule has 2 amide bonds. The Balaban J connectivity index is 1.59. The number of rotatable bonds is 3. The van der Waals surface area contributed by atoms with Crippen molar-refractivity contribution in [2.75, 3.05) is 17.3 Å². The highest BCUT2D eigenvalue weighted by molar-refractivity contribution is 6.08. The lowest BCUT2D eigenvalue weighted by Crippen LogP contribution is -2.31. The quantitative estimate of drug-likeness (QED) is 0.764. The first kappa shape index (κ1) is 16.1. The van der Waals surface area contributed by atoms with Crippen molar-refractivity contribution in [3.8, 4) is 11.3 Å². The minimum atomic E-state index is -0.224. The number of hydrogen-bond donors (Lipinski definition) is 2. The van der Waals surface area contributed by atoms with Crippen molar-refractivity contribution in [1.29, 1.82) is 0 Å². The van der Waals surface area contributed by atoms with E-state index in [4.69, 9.17) is 0 Å². The summed E-state index contributed by atoms with van der Waals surface area (Å²) in [5, 5.41) is 9.84. The fourth-order valence-corrected chi connectivity index (χ4v) is 3.22. The molecule has 1 aliphatic heterocycles. The third-order valence-corrected chi connectivity index (χ3v) is 4.63. The van der Waals surface area contributed by atoms with Crippen LogP contribution in [-0.2, 0) is 11.2 Å². The average Bonchev–Trinajstić information content (AvgIpc) is 3.15. The molecule has 4 rings (SSSR count). The zero-order valence-corrected chi connectivity index (χ0v) is 14.3. The van der Waals surface area contributed by atoms with Gasteiger partial charge >= 0.3 is 0 Å². The largest absolute Gasteiger partial charge is 0.322 e. The normalized spacial score (nSPS) is 13.4. The highest BCUT2D eigenvalue weighted by atomic mass is 16.2. The molecule has 0 aliphatic carbocycles. The summed E-state index contributed by atoms with van der Waals surface area (Å²) in [6.45, 7) is 0. The molecule has 0 saturated heterocycles. The van der Waals surface area contributed by atoms with Gasteiger partial charge in [0, 0.05) is 30.4 Å². The molecule has 0 saturated carbocycles. The van der Waals surface area contributed by atoms with Gasteiger partial charge in [-0.15, -0.1) is 0 Å². The molecule has 0 fully saturated rings. The number of benzene rings is 2. The van der Waals surface area contributed by atoms with Crippen LogP contribution < -0.4 is 10.2 Å². The summed E-state index contributed by atoms with van der Waals surface area (Å²) < 4.78 is 0. The summed E-state index contributed by atoms with van der Waals surface area (Å²) >= 11 is 0. The van der Waals surface area contributed by atoms with E-state index in [9.17, 15) is 9.59 Å². The lowest BCUT2D eigenvalue weighted by atomic mass is 10.0. The van der Waals surface area contributed by atoms with Gasteiger partial charge in [0.15, 0.2) is 0 Å². The molecule has 1 aliphatic rings. The molecular formula is C20H18N4O2. The fraction of sp³-hybridized carbons (Fsp3) is 0.150. The Hall–Kier alpha value is -3.41. The lowest BCUT2D eigenvalue weighted by molar-refractivity contribution is -0.118. The SMILES string of the molecule is CN1C(=O)CCc2cc(NC(=O)c3cn[nH]c3-c3ccccc3)ccc21. The Labute approximate surface area is 150 Å². The number of anilines is 2. The number of nitrogens with zero attached hydrogens (tertiary/aromatic N) is 2. The van der Waals surface area contributed by atoms with Crippen molar-refractivity contribution >= 4 is 23.2 Å². The standard InChI is InChI=1S/C20H18N4O2/c1-24-17-9-8-15(11-14(17)7-10-18(24)25)22-20(26)16-12-21-23-19(16)13-5-3-2-4-6-13/h2-6,8-9,11-12H,7,10H2,1H3,(H,21,23)(H,22,26). The number of fused-ring (bicyclic) bond motifs is 1. The Morgan fingerprint density at radius 2 is 1.96 bits per heavy atom. The number of aryl methyl sites for hydroxylation is 1. The van der Waals surface area contributed by atoms with E-state index in [1.165, 1.54) is 6.20 Å². The van der Waals surface area contributed by atoms with Crippen molar-refractivity contribution < 1.29 is 9.59 Å². The first-order valence-corrected chi connectivity index (χ1v) is 8.43. The number of carbonyl (C=O) groups is 2. The van der Waals surface area contributed by atoms with Crippen LogP contribution in [0.15, 0.2) is 54.7 Å². The van der Waals surface area contributed by atoms with Crippen molar-refractivity contribution in [3.63, 3.8) is 0 Å². The van der Waals surface area contributed by atoms with E-state index in [0.29, 0.717) is 29.8 Å². The van der Waals surface area contributed by atoms with E-state index in [-0.39, 0.29) is 11.8 Å². The third kappa shape index (κ3) is 2.86. The smallest absolute Gasteiger partial charge is 0.259 e. The van der Waals surface area contributed by atoms with Crippen LogP contribution in [0.4, 0.5) is 11.4 Å². The minimum Gasteiger partial charge on any atom is -0.322 e. The van der Waals surface area contributed by atoms with Crippen molar-refractivity contribution in [3.05, 3.63) is 65.9 Å². The average molecular weight is 346 g/mol. The van der Waals surface area contributed by atoms with Crippen LogP contribution in [0.25, 0.3) is 11.3 Å². The molecule has 0 unspecified atom stereocenters. The Kier molecular flexibility index (Phi) is 4.01. The van der Waals surface area contributed by atoms with Crippen LogP contribution in [-0.4, -0.2) is 29.1 Å². The number of aromatic nitrogens is 2. The van der Waals surface area contributed by atoms with Gasteiger partial charge in [0.1, 0.15) is 0 Å². The van der Waals surface area contributed by atoms with Crippen LogP contribution >= 0.6 is 0 Å². The number of aromatic amines is 1. The molecule has 0 atom stereocenters. The highest BCUT2D eigenvalue weighted by Gasteiger charge is 2.21. The van der Waals surface area contributed by atoms with Gasteiger partial charge in [0.2, 0.25) is 5.91 Å². The second kappa shape index (κ2) is 6.48. The Morgan fingerprint density at radius 1 is 1.15 bits per heavy atom. The Morgan fingerprint density at radius 3 is 2.77 bits per heavy atom. The van der Waals surface area contributed by atoms with Gasteiger partial charge in [-0.1, -0.05) is 30.3 Å². The number of hydrogen-bond acceptors (Lipinski definition) is 3. The summed E-state index contributed by atoms with van der Waals surface area (Å²) in [4.78, 5) is 26.2. The van der Waals surface area contributed by atoms with E-state index < -0.39 is 0 Å². The zero-order valence-electron chi connectivity index (χ0n) is 14.3. The fourth-order valence-electron chi connectivity index (χ4n) is 3.22. The third-order valence-electron chi connectivity index (χ3n) is 4.63. The molecule has 3 aromatic rings. The molecule has 2 heterocycles. The number of H-pyrrole nitrogens is 1. The second-order valence-electron chi connectivity index (χ2n) is 6.28. The molecular weight excluding hydrogens is 328 g/mol. The summed E-state index contributed by atoms with van der Waals surface area (Å²) in [5.41, 5.74) is 4.73. The molecule has 6 heteroatoms. The van der Waals surface area contributed by atoms with E-state index in [1.54, 1.807) is 11.9 Å². The van der Waals surface area contributed by atoms with Crippen LogP contribution in [0, 0.1) is 0 Å². The Bertz CT molecular complexity index is 978. The molecule has 6 nitrogen and oxygen atoms in total.